The number of β-amino-alcohol motifs (C(OH)–C–C–N with tert-alkyl or cyclic N) is 1. The maximum absolute atomic E-state index is 14.0. The Morgan fingerprint density at radius 3 is 2.61 bits per heavy atom. The standard InChI is InChI=1S/C13H18F2N2O/c1-16-7-9-5-11(14)13(12(15)6-9)17-4-2-3-10(18)8-17/h5-6,10,16,18H,2-4,7-8H2,1H3. The number of anilines is 1. The van der Waals surface area contributed by atoms with Gasteiger partial charge in [0, 0.05) is 19.6 Å². The fourth-order valence-corrected chi connectivity index (χ4v) is 2.38. The molecular formula is C13H18F2N2O. The second-order valence-corrected chi connectivity index (χ2v) is 4.68. The van der Waals surface area contributed by atoms with Gasteiger partial charge in [-0.05, 0) is 37.6 Å². The first-order chi connectivity index (χ1) is 8.61. The van der Waals surface area contributed by atoms with Crippen LogP contribution >= 0.6 is 0 Å². The van der Waals surface area contributed by atoms with Crippen molar-refractivity contribution >= 4 is 5.69 Å². The molecule has 0 aliphatic carbocycles. The van der Waals surface area contributed by atoms with Crippen LogP contribution in [0.4, 0.5) is 14.5 Å². The Hall–Kier alpha value is -1.20. The molecule has 18 heavy (non-hydrogen) atoms. The second kappa shape index (κ2) is 5.63. The van der Waals surface area contributed by atoms with Gasteiger partial charge in [-0.2, -0.15) is 0 Å². The van der Waals surface area contributed by atoms with Crippen molar-refractivity contribution in [1.82, 2.24) is 5.32 Å². The monoisotopic (exact) mass is 256 g/mol. The van der Waals surface area contributed by atoms with Crippen LogP contribution < -0.4 is 10.2 Å². The first-order valence-corrected chi connectivity index (χ1v) is 6.17. The van der Waals surface area contributed by atoms with Gasteiger partial charge in [-0.3, -0.25) is 0 Å². The molecule has 1 aromatic rings. The Morgan fingerprint density at radius 2 is 2.06 bits per heavy atom. The van der Waals surface area contributed by atoms with E-state index in [1.807, 2.05) is 0 Å². The van der Waals surface area contributed by atoms with Gasteiger partial charge in [0.25, 0.3) is 0 Å². The van der Waals surface area contributed by atoms with Crippen molar-refractivity contribution < 1.29 is 13.9 Å². The lowest BCUT2D eigenvalue weighted by Gasteiger charge is -2.32. The summed E-state index contributed by atoms with van der Waals surface area (Å²) in [5, 5.41) is 12.4. The fourth-order valence-electron chi connectivity index (χ4n) is 2.38. The van der Waals surface area contributed by atoms with E-state index in [4.69, 9.17) is 0 Å². The molecule has 1 saturated heterocycles. The number of piperidine rings is 1. The van der Waals surface area contributed by atoms with Gasteiger partial charge in [-0.1, -0.05) is 0 Å². The van der Waals surface area contributed by atoms with Crippen molar-refractivity contribution in [2.75, 3.05) is 25.0 Å². The number of nitrogens with zero attached hydrogens (tertiary/aromatic N) is 1. The molecule has 2 rings (SSSR count). The number of aliphatic hydroxyl groups is 1. The average Bonchev–Trinajstić information content (AvgIpc) is 2.28. The molecular weight excluding hydrogens is 238 g/mol. The molecule has 1 heterocycles. The van der Waals surface area contributed by atoms with Gasteiger partial charge in [-0.15, -0.1) is 0 Å². The third kappa shape index (κ3) is 2.79. The van der Waals surface area contributed by atoms with Crippen molar-refractivity contribution in [3.05, 3.63) is 29.3 Å². The minimum atomic E-state index is -0.561. The molecule has 0 saturated carbocycles. The molecule has 1 aliphatic rings. The zero-order valence-electron chi connectivity index (χ0n) is 10.4. The first-order valence-electron chi connectivity index (χ1n) is 6.17. The van der Waals surface area contributed by atoms with E-state index in [1.54, 1.807) is 11.9 Å². The van der Waals surface area contributed by atoms with Crippen molar-refractivity contribution in [3.63, 3.8) is 0 Å². The van der Waals surface area contributed by atoms with Gasteiger partial charge in [0.2, 0.25) is 0 Å². The number of hydrogen-bond acceptors (Lipinski definition) is 3. The molecule has 5 heteroatoms. The average molecular weight is 256 g/mol. The van der Waals surface area contributed by atoms with Crippen LogP contribution in [0.2, 0.25) is 0 Å². The minimum absolute atomic E-state index is 0.0198. The lowest BCUT2D eigenvalue weighted by molar-refractivity contribution is 0.153. The van der Waals surface area contributed by atoms with Gasteiger partial charge >= 0.3 is 0 Å². The highest BCUT2D eigenvalue weighted by molar-refractivity contribution is 5.51. The van der Waals surface area contributed by atoms with E-state index in [9.17, 15) is 13.9 Å². The molecule has 100 valence electrons. The van der Waals surface area contributed by atoms with Crippen LogP contribution in [0.15, 0.2) is 12.1 Å². The van der Waals surface area contributed by atoms with E-state index in [-0.39, 0.29) is 5.69 Å². The number of benzene rings is 1. The SMILES string of the molecule is CNCc1cc(F)c(N2CCCC(O)C2)c(F)c1. The summed E-state index contributed by atoms with van der Waals surface area (Å²) in [4.78, 5) is 1.59. The number of aliphatic hydroxyl groups excluding tert-OH is 1. The summed E-state index contributed by atoms with van der Waals surface area (Å²) in [5.41, 5.74) is 0.558. The Bertz CT molecular complexity index is 402. The predicted molar refractivity (Wildman–Crippen MR) is 66.6 cm³/mol. The lowest BCUT2D eigenvalue weighted by atomic mass is 10.1. The number of hydrogen-bond donors (Lipinski definition) is 2. The summed E-state index contributed by atoms with van der Waals surface area (Å²) in [7, 11) is 1.73. The van der Waals surface area contributed by atoms with E-state index in [1.165, 1.54) is 12.1 Å². The Morgan fingerprint density at radius 1 is 1.39 bits per heavy atom. The van der Waals surface area contributed by atoms with E-state index in [0.717, 1.165) is 6.42 Å². The molecule has 1 aromatic carbocycles. The van der Waals surface area contributed by atoms with Crippen LogP contribution in [-0.2, 0) is 6.54 Å². The molecule has 1 unspecified atom stereocenters. The highest BCUT2D eigenvalue weighted by Crippen LogP contribution is 2.27. The van der Waals surface area contributed by atoms with Crippen LogP contribution in [0.1, 0.15) is 18.4 Å². The molecule has 3 nitrogen and oxygen atoms in total. The quantitative estimate of drug-likeness (QED) is 0.863. The third-order valence-corrected chi connectivity index (χ3v) is 3.17. The summed E-state index contributed by atoms with van der Waals surface area (Å²) >= 11 is 0. The molecule has 1 aliphatic heterocycles. The van der Waals surface area contributed by atoms with Crippen molar-refractivity contribution in [2.24, 2.45) is 0 Å². The Kier molecular flexibility index (Phi) is 4.14. The second-order valence-electron chi connectivity index (χ2n) is 4.68. The van der Waals surface area contributed by atoms with Crippen molar-refractivity contribution in [2.45, 2.75) is 25.5 Å². The molecule has 0 spiro atoms. The Balaban J connectivity index is 2.27. The Labute approximate surface area is 105 Å². The van der Waals surface area contributed by atoms with Crippen LogP contribution in [0.25, 0.3) is 0 Å². The molecule has 1 atom stereocenters. The molecule has 0 amide bonds. The summed E-state index contributed by atoms with van der Waals surface area (Å²) in [5.74, 6) is -1.12. The van der Waals surface area contributed by atoms with E-state index in [2.05, 4.69) is 5.32 Å². The van der Waals surface area contributed by atoms with Crippen LogP contribution in [0.3, 0.4) is 0 Å². The first kappa shape index (κ1) is 13.2. The number of nitrogens with one attached hydrogen (secondary N) is 1. The highest BCUT2D eigenvalue weighted by Gasteiger charge is 2.23. The van der Waals surface area contributed by atoms with Gasteiger partial charge in [0.15, 0.2) is 0 Å². The van der Waals surface area contributed by atoms with Crippen molar-refractivity contribution in [1.29, 1.82) is 0 Å². The van der Waals surface area contributed by atoms with E-state index in [0.29, 0.717) is 31.6 Å². The zero-order valence-corrected chi connectivity index (χ0v) is 10.4. The molecule has 1 fully saturated rings. The molecule has 0 aromatic heterocycles. The van der Waals surface area contributed by atoms with Crippen LogP contribution in [0.5, 0.6) is 0 Å². The van der Waals surface area contributed by atoms with Crippen LogP contribution in [-0.4, -0.2) is 31.3 Å². The van der Waals surface area contributed by atoms with Gasteiger partial charge in [-0.25, -0.2) is 8.78 Å². The summed E-state index contributed by atoms with van der Waals surface area (Å²) in [6, 6.07) is 2.69. The maximum atomic E-state index is 14.0. The fraction of sp³-hybridized carbons (Fsp3) is 0.538. The predicted octanol–water partition coefficient (Wildman–Crippen LogP) is 1.65. The largest absolute Gasteiger partial charge is 0.391 e. The number of rotatable bonds is 3. The minimum Gasteiger partial charge on any atom is -0.391 e. The summed E-state index contributed by atoms with van der Waals surface area (Å²) in [6.45, 7) is 1.30. The van der Waals surface area contributed by atoms with Gasteiger partial charge in [0.05, 0.1) is 6.10 Å². The molecule has 0 radical (unpaired) electrons. The maximum Gasteiger partial charge on any atom is 0.149 e. The lowest BCUT2D eigenvalue weighted by Crippen LogP contribution is -2.39. The molecule has 2 N–H and O–H groups in total. The smallest absolute Gasteiger partial charge is 0.149 e. The normalized spacial score (nSPS) is 20.2. The topological polar surface area (TPSA) is 35.5 Å². The molecule has 0 bridgehead atoms. The summed E-state index contributed by atoms with van der Waals surface area (Å²) < 4.78 is 27.9. The van der Waals surface area contributed by atoms with Gasteiger partial charge < -0.3 is 15.3 Å². The van der Waals surface area contributed by atoms with E-state index >= 15 is 0 Å². The zero-order chi connectivity index (χ0) is 13.1. The highest BCUT2D eigenvalue weighted by atomic mass is 19.1. The summed E-state index contributed by atoms with van der Waals surface area (Å²) in [6.07, 6.45) is 0.935. The van der Waals surface area contributed by atoms with Crippen molar-refractivity contribution in [3.8, 4) is 0 Å². The van der Waals surface area contributed by atoms with Gasteiger partial charge in [0.1, 0.15) is 17.3 Å². The van der Waals surface area contributed by atoms with Crippen LogP contribution in [0, 0.1) is 11.6 Å². The third-order valence-electron chi connectivity index (χ3n) is 3.17. The number of halogens is 2. The van der Waals surface area contributed by atoms with E-state index < -0.39 is 17.7 Å².